The molecule has 1 N–H and O–H groups in total. The second-order valence-corrected chi connectivity index (χ2v) is 4.59. The van der Waals surface area contributed by atoms with E-state index in [1.165, 1.54) is 0 Å². The van der Waals surface area contributed by atoms with Crippen LogP contribution in [0.2, 0.25) is 5.02 Å². The van der Waals surface area contributed by atoms with Crippen LogP contribution in [0.4, 0.5) is 0 Å². The molecule has 0 heterocycles. The molecule has 0 aliphatic heterocycles. The number of aryl methyl sites for hydroxylation is 1. The zero-order chi connectivity index (χ0) is 13.1. The van der Waals surface area contributed by atoms with Gasteiger partial charge in [0.25, 0.3) is 0 Å². The molecule has 94 valence electrons. The van der Waals surface area contributed by atoms with E-state index >= 15 is 0 Å². The first-order chi connectivity index (χ1) is 8.61. The molecule has 0 bridgehead atoms. The molecule has 0 radical (unpaired) electrons. The minimum Gasteiger partial charge on any atom is -0.497 e. The lowest BCUT2D eigenvalue weighted by molar-refractivity contribution is 0.220. The summed E-state index contributed by atoms with van der Waals surface area (Å²) in [5, 5.41) is 11.0. The molecular weight excluding hydrogens is 248 g/mol. The van der Waals surface area contributed by atoms with Crippen LogP contribution in [0.15, 0.2) is 42.5 Å². The Hall–Kier alpha value is -1.51. The van der Waals surface area contributed by atoms with Crippen LogP contribution < -0.4 is 4.74 Å². The van der Waals surface area contributed by atoms with E-state index < -0.39 is 6.10 Å². The SMILES string of the molecule is COc1cccc(C(O)c2ccc(C)c(Cl)c2)c1. The lowest BCUT2D eigenvalue weighted by Crippen LogP contribution is -2.00. The van der Waals surface area contributed by atoms with Gasteiger partial charge >= 0.3 is 0 Å². The topological polar surface area (TPSA) is 29.5 Å². The summed E-state index contributed by atoms with van der Waals surface area (Å²) in [4.78, 5) is 0. The summed E-state index contributed by atoms with van der Waals surface area (Å²) in [7, 11) is 1.61. The van der Waals surface area contributed by atoms with E-state index in [9.17, 15) is 5.11 Å². The van der Waals surface area contributed by atoms with Crippen molar-refractivity contribution in [1.29, 1.82) is 0 Å². The van der Waals surface area contributed by atoms with E-state index in [4.69, 9.17) is 16.3 Å². The van der Waals surface area contributed by atoms with Crippen LogP contribution in [0.5, 0.6) is 5.75 Å². The van der Waals surface area contributed by atoms with Crippen molar-refractivity contribution >= 4 is 11.6 Å². The van der Waals surface area contributed by atoms with Gasteiger partial charge in [-0.25, -0.2) is 0 Å². The number of hydrogen-bond acceptors (Lipinski definition) is 2. The Balaban J connectivity index is 2.34. The van der Waals surface area contributed by atoms with Crippen molar-refractivity contribution in [2.45, 2.75) is 13.0 Å². The predicted molar refractivity (Wildman–Crippen MR) is 73.2 cm³/mol. The van der Waals surface area contributed by atoms with Crippen LogP contribution in [0.3, 0.4) is 0 Å². The molecule has 2 aromatic rings. The Kier molecular flexibility index (Phi) is 3.90. The van der Waals surface area contributed by atoms with Crippen molar-refractivity contribution in [3.05, 3.63) is 64.2 Å². The van der Waals surface area contributed by atoms with Gasteiger partial charge in [0.15, 0.2) is 0 Å². The van der Waals surface area contributed by atoms with Crippen LogP contribution >= 0.6 is 11.6 Å². The van der Waals surface area contributed by atoms with Crippen molar-refractivity contribution in [3.8, 4) is 5.75 Å². The highest BCUT2D eigenvalue weighted by Crippen LogP contribution is 2.27. The van der Waals surface area contributed by atoms with Crippen molar-refractivity contribution in [2.75, 3.05) is 7.11 Å². The number of aliphatic hydroxyl groups excluding tert-OH is 1. The first-order valence-corrected chi connectivity index (χ1v) is 6.07. The Bertz CT molecular complexity index is 552. The Morgan fingerprint density at radius 3 is 2.50 bits per heavy atom. The smallest absolute Gasteiger partial charge is 0.119 e. The van der Waals surface area contributed by atoms with Gasteiger partial charge in [-0.2, -0.15) is 0 Å². The molecular formula is C15H15ClO2. The average Bonchev–Trinajstić information content (AvgIpc) is 2.41. The third kappa shape index (κ3) is 2.66. The van der Waals surface area contributed by atoms with E-state index in [1.807, 2.05) is 43.3 Å². The predicted octanol–water partition coefficient (Wildman–Crippen LogP) is 3.74. The van der Waals surface area contributed by atoms with Gasteiger partial charge in [0.1, 0.15) is 11.9 Å². The fraction of sp³-hybridized carbons (Fsp3) is 0.200. The van der Waals surface area contributed by atoms with Gasteiger partial charge < -0.3 is 9.84 Å². The summed E-state index contributed by atoms with van der Waals surface area (Å²) < 4.78 is 5.15. The normalized spacial score (nSPS) is 12.2. The number of hydrogen-bond donors (Lipinski definition) is 1. The molecule has 1 unspecified atom stereocenters. The first kappa shape index (κ1) is 12.9. The zero-order valence-corrected chi connectivity index (χ0v) is 11.1. The molecule has 0 saturated carbocycles. The lowest BCUT2D eigenvalue weighted by Gasteiger charge is -2.13. The van der Waals surface area contributed by atoms with Gasteiger partial charge in [-0.15, -0.1) is 0 Å². The second kappa shape index (κ2) is 5.42. The molecule has 0 aliphatic rings. The highest BCUT2D eigenvalue weighted by molar-refractivity contribution is 6.31. The third-order valence-electron chi connectivity index (χ3n) is 2.92. The minimum absolute atomic E-state index is 0.662. The maximum Gasteiger partial charge on any atom is 0.119 e. The van der Waals surface area contributed by atoms with Gasteiger partial charge in [-0.3, -0.25) is 0 Å². The Labute approximate surface area is 112 Å². The molecule has 0 fully saturated rings. The number of benzene rings is 2. The quantitative estimate of drug-likeness (QED) is 0.913. The van der Waals surface area contributed by atoms with Crippen LogP contribution in [-0.2, 0) is 0 Å². The van der Waals surface area contributed by atoms with Crippen molar-refractivity contribution < 1.29 is 9.84 Å². The van der Waals surface area contributed by atoms with Gasteiger partial charge in [0.2, 0.25) is 0 Å². The number of ether oxygens (including phenoxy) is 1. The number of methoxy groups -OCH3 is 1. The summed E-state index contributed by atoms with van der Waals surface area (Å²) in [5.74, 6) is 0.727. The van der Waals surface area contributed by atoms with E-state index in [0.29, 0.717) is 5.02 Å². The average molecular weight is 263 g/mol. The first-order valence-electron chi connectivity index (χ1n) is 5.70. The molecule has 1 atom stereocenters. The van der Waals surface area contributed by atoms with Crippen molar-refractivity contribution in [2.24, 2.45) is 0 Å². The van der Waals surface area contributed by atoms with Gasteiger partial charge in [-0.1, -0.05) is 35.9 Å². The molecule has 2 nitrogen and oxygen atoms in total. The van der Waals surface area contributed by atoms with Gasteiger partial charge in [-0.05, 0) is 41.8 Å². The Morgan fingerprint density at radius 1 is 1.11 bits per heavy atom. The van der Waals surface area contributed by atoms with E-state index in [2.05, 4.69) is 0 Å². The van der Waals surface area contributed by atoms with Gasteiger partial charge in [0, 0.05) is 5.02 Å². The fourth-order valence-corrected chi connectivity index (χ4v) is 1.97. The summed E-state index contributed by atoms with van der Waals surface area (Å²) >= 11 is 6.07. The monoisotopic (exact) mass is 262 g/mol. The molecule has 0 aliphatic carbocycles. The number of rotatable bonds is 3. The van der Waals surface area contributed by atoms with Crippen LogP contribution in [0, 0.1) is 6.92 Å². The van der Waals surface area contributed by atoms with E-state index in [-0.39, 0.29) is 0 Å². The zero-order valence-electron chi connectivity index (χ0n) is 10.4. The highest BCUT2D eigenvalue weighted by Gasteiger charge is 2.12. The largest absolute Gasteiger partial charge is 0.497 e. The number of halogens is 1. The molecule has 0 spiro atoms. The maximum atomic E-state index is 10.3. The minimum atomic E-state index is -0.696. The summed E-state index contributed by atoms with van der Waals surface area (Å²) in [6.45, 7) is 1.93. The molecule has 0 amide bonds. The van der Waals surface area contributed by atoms with E-state index in [1.54, 1.807) is 13.2 Å². The molecule has 2 aromatic carbocycles. The van der Waals surface area contributed by atoms with Crippen LogP contribution in [0.1, 0.15) is 22.8 Å². The maximum absolute atomic E-state index is 10.3. The third-order valence-corrected chi connectivity index (χ3v) is 3.33. The fourth-order valence-electron chi connectivity index (χ4n) is 1.78. The van der Waals surface area contributed by atoms with Crippen LogP contribution in [-0.4, -0.2) is 12.2 Å². The standard InChI is InChI=1S/C15H15ClO2/c1-10-6-7-12(9-14(10)16)15(17)11-4-3-5-13(8-11)18-2/h3-9,15,17H,1-2H3. The number of aliphatic hydroxyl groups is 1. The second-order valence-electron chi connectivity index (χ2n) is 4.19. The van der Waals surface area contributed by atoms with Crippen molar-refractivity contribution in [3.63, 3.8) is 0 Å². The summed E-state index contributed by atoms with van der Waals surface area (Å²) in [6.07, 6.45) is -0.696. The molecule has 0 aromatic heterocycles. The lowest BCUT2D eigenvalue weighted by atomic mass is 10.0. The molecule has 18 heavy (non-hydrogen) atoms. The summed E-state index contributed by atoms with van der Waals surface area (Å²) in [6, 6.07) is 13.0. The highest BCUT2D eigenvalue weighted by atomic mass is 35.5. The Morgan fingerprint density at radius 2 is 1.83 bits per heavy atom. The van der Waals surface area contributed by atoms with Crippen LogP contribution in [0.25, 0.3) is 0 Å². The molecule has 2 rings (SSSR count). The van der Waals surface area contributed by atoms with E-state index in [0.717, 1.165) is 22.4 Å². The van der Waals surface area contributed by atoms with Crippen molar-refractivity contribution in [1.82, 2.24) is 0 Å². The molecule has 0 saturated heterocycles. The van der Waals surface area contributed by atoms with Gasteiger partial charge in [0.05, 0.1) is 7.11 Å². The summed E-state index contributed by atoms with van der Waals surface area (Å²) in [5.41, 5.74) is 2.56. The molecule has 3 heteroatoms.